The number of hydrogen-bond acceptors (Lipinski definition) is 4. The predicted octanol–water partition coefficient (Wildman–Crippen LogP) is 2.65. The summed E-state index contributed by atoms with van der Waals surface area (Å²) in [6, 6.07) is 12.8. The number of rotatable bonds is 7. The Morgan fingerprint density at radius 1 is 1.11 bits per heavy atom. The molecule has 2 amide bonds. The average Bonchev–Trinajstić information content (AvgIpc) is 2.61. The Balaban J connectivity index is 2.04. The van der Waals surface area contributed by atoms with Crippen LogP contribution in [0.1, 0.15) is 37.5 Å². The molecule has 7 nitrogen and oxygen atoms in total. The van der Waals surface area contributed by atoms with Crippen LogP contribution in [0.2, 0.25) is 0 Å². The molecule has 0 bridgehead atoms. The first-order valence-corrected chi connectivity index (χ1v) is 8.97. The smallest absolute Gasteiger partial charge is 0.269 e. The largest absolute Gasteiger partial charge is 0.368 e. The molecule has 2 aromatic carbocycles. The van der Waals surface area contributed by atoms with Gasteiger partial charge in [-0.25, -0.2) is 0 Å². The van der Waals surface area contributed by atoms with Crippen molar-refractivity contribution < 1.29 is 14.5 Å². The number of primary amides is 1. The second-order valence-corrected chi connectivity index (χ2v) is 7.78. The van der Waals surface area contributed by atoms with E-state index in [0.717, 1.165) is 5.56 Å². The highest BCUT2D eigenvalue weighted by molar-refractivity contribution is 5.87. The maximum atomic E-state index is 12.3. The number of benzene rings is 2. The van der Waals surface area contributed by atoms with Crippen molar-refractivity contribution in [1.82, 2.24) is 5.32 Å². The zero-order valence-electron chi connectivity index (χ0n) is 16.3. The monoisotopic (exact) mass is 383 g/mol. The van der Waals surface area contributed by atoms with E-state index in [1.807, 2.05) is 24.3 Å². The van der Waals surface area contributed by atoms with Gasteiger partial charge in [-0.15, -0.1) is 0 Å². The molecule has 0 saturated heterocycles. The molecule has 28 heavy (non-hydrogen) atoms. The summed E-state index contributed by atoms with van der Waals surface area (Å²) in [7, 11) is 0. The van der Waals surface area contributed by atoms with Crippen LogP contribution in [0.4, 0.5) is 5.69 Å². The molecule has 2 rings (SSSR count). The van der Waals surface area contributed by atoms with Crippen molar-refractivity contribution in [1.29, 1.82) is 0 Å². The van der Waals surface area contributed by atoms with Crippen molar-refractivity contribution in [2.75, 3.05) is 0 Å². The maximum Gasteiger partial charge on any atom is 0.269 e. The first-order valence-electron chi connectivity index (χ1n) is 8.97. The number of hydrogen-bond donors (Lipinski definition) is 2. The van der Waals surface area contributed by atoms with Gasteiger partial charge in [0, 0.05) is 18.6 Å². The van der Waals surface area contributed by atoms with E-state index in [1.54, 1.807) is 6.07 Å². The Morgan fingerprint density at radius 3 is 2.29 bits per heavy atom. The number of nitrogens with two attached hydrogens (primary N) is 1. The fraction of sp³-hybridized carbons (Fsp3) is 0.333. The molecule has 7 heteroatoms. The van der Waals surface area contributed by atoms with E-state index < -0.39 is 22.8 Å². The summed E-state index contributed by atoms with van der Waals surface area (Å²) in [5.41, 5.74) is 7.92. The van der Waals surface area contributed by atoms with Crippen LogP contribution in [0.25, 0.3) is 0 Å². The van der Waals surface area contributed by atoms with Gasteiger partial charge in [0.2, 0.25) is 11.8 Å². The first-order chi connectivity index (χ1) is 13.1. The summed E-state index contributed by atoms with van der Waals surface area (Å²) in [4.78, 5) is 34.4. The highest BCUT2D eigenvalue weighted by Gasteiger charge is 2.20. The minimum Gasteiger partial charge on any atom is -0.368 e. The molecular weight excluding hydrogens is 358 g/mol. The van der Waals surface area contributed by atoms with E-state index in [4.69, 9.17) is 5.73 Å². The molecule has 0 radical (unpaired) electrons. The summed E-state index contributed by atoms with van der Waals surface area (Å²) < 4.78 is 0. The van der Waals surface area contributed by atoms with Gasteiger partial charge >= 0.3 is 0 Å². The zero-order valence-corrected chi connectivity index (χ0v) is 16.3. The van der Waals surface area contributed by atoms with E-state index in [-0.39, 0.29) is 23.9 Å². The van der Waals surface area contributed by atoms with E-state index in [2.05, 4.69) is 26.1 Å². The first kappa shape index (κ1) is 21.1. The lowest BCUT2D eigenvalue weighted by Gasteiger charge is -2.20. The molecule has 0 saturated carbocycles. The van der Waals surface area contributed by atoms with Crippen LogP contribution in [0.5, 0.6) is 0 Å². The topological polar surface area (TPSA) is 115 Å². The number of non-ortho nitro benzene ring substituents is 1. The van der Waals surface area contributed by atoms with Crippen LogP contribution < -0.4 is 11.1 Å². The Hall–Kier alpha value is -3.22. The molecule has 0 fully saturated rings. The number of carbonyl (C=O) groups excluding carboxylic acids is 2. The highest BCUT2D eigenvalue weighted by atomic mass is 16.6. The van der Waals surface area contributed by atoms with Crippen molar-refractivity contribution >= 4 is 17.5 Å². The molecule has 0 aliphatic carbocycles. The fourth-order valence-electron chi connectivity index (χ4n) is 2.81. The van der Waals surface area contributed by atoms with Gasteiger partial charge in [0.05, 0.1) is 11.3 Å². The van der Waals surface area contributed by atoms with Crippen molar-refractivity contribution in [3.63, 3.8) is 0 Å². The minimum absolute atomic E-state index is 0.0220. The average molecular weight is 383 g/mol. The van der Waals surface area contributed by atoms with E-state index >= 15 is 0 Å². The van der Waals surface area contributed by atoms with Crippen molar-refractivity contribution in [2.24, 2.45) is 5.73 Å². The lowest BCUT2D eigenvalue weighted by molar-refractivity contribution is -0.384. The molecule has 0 aliphatic heterocycles. The lowest BCUT2D eigenvalue weighted by Crippen LogP contribution is -2.46. The van der Waals surface area contributed by atoms with E-state index in [0.29, 0.717) is 5.56 Å². The van der Waals surface area contributed by atoms with Gasteiger partial charge in [-0.1, -0.05) is 57.2 Å². The van der Waals surface area contributed by atoms with E-state index in [1.165, 1.54) is 23.8 Å². The third-order valence-electron chi connectivity index (χ3n) is 4.42. The van der Waals surface area contributed by atoms with Crippen LogP contribution in [-0.2, 0) is 27.8 Å². The van der Waals surface area contributed by atoms with Gasteiger partial charge < -0.3 is 11.1 Å². The van der Waals surface area contributed by atoms with Gasteiger partial charge in [0.1, 0.15) is 6.04 Å². The summed E-state index contributed by atoms with van der Waals surface area (Å²) in [6.45, 7) is 6.34. The minimum atomic E-state index is -0.855. The molecule has 148 valence electrons. The number of nitro groups is 1. The van der Waals surface area contributed by atoms with Crippen molar-refractivity contribution in [2.45, 2.75) is 45.1 Å². The number of nitrogens with one attached hydrogen (secondary N) is 1. The lowest BCUT2D eigenvalue weighted by atomic mass is 9.86. The van der Waals surface area contributed by atoms with E-state index in [9.17, 15) is 19.7 Å². The van der Waals surface area contributed by atoms with Gasteiger partial charge in [-0.05, 0) is 22.1 Å². The van der Waals surface area contributed by atoms with Crippen LogP contribution in [0, 0.1) is 10.1 Å². The summed E-state index contributed by atoms with van der Waals surface area (Å²) >= 11 is 0. The molecule has 2 aromatic rings. The maximum absolute atomic E-state index is 12.3. The normalized spacial score (nSPS) is 12.2. The molecule has 0 spiro atoms. The number of nitro benzene ring substituents is 1. The standard InChI is InChI=1S/C21H25N3O4/c1-21(2,3)16-9-7-14(8-10-16)12-18(20(22)26)23-19(25)13-15-5-4-6-17(11-15)24(27)28/h4-11,18H,12-13H2,1-3H3,(H2,22,26)(H,23,25)/t18-/m1/s1. The summed E-state index contributed by atoms with van der Waals surface area (Å²) in [5, 5.41) is 13.5. The molecular formula is C21H25N3O4. The molecule has 0 unspecified atom stereocenters. The molecule has 0 aliphatic rings. The van der Waals surface area contributed by atoms with Crippen molar-refractivity contribution in [3.8, 4) is 0 Å². The second kappa shape index (κ2) is 8.65. The zero-order chi connectivity index (χ0) is 20.9. The second-order valence-electron chi connectivity index (χ2n) is 7.78. The molecule has 0 aromatic heterocycles. The van der Waals surface area contributed by atoms with Gasteiger partial charge in [0.15, 0.2) is 0 Å². The van der Waals surface area contributed by atoms with Gasteiger partial charge in [0.25, 0.3) is 5.69 Å². The van der Waals surface area contributed by atoms with Crippen LogP contribution in [-0.4, -0.2) is 22.8 Å². The predicted molar refractivity (Wildman–Crippen MR) is 107 cm³/mol. The number of amides is 2. The third-order valence-corrected chi connectivity index (χ3v) is 4.42. The molecule has 3 N–H and O–H groups in total. The molecule has 0 heterocycles. The fourth-order valence-corrected chi connectivity index (χ4v) is 2.81. The Bertz CT molecular complexity index is 870. The summed E-state index contributed by atoms with van der Waals surface area (Å²) in [6.07, 6.45) is 0.203. The SMILES string of the molecule is CC(C)(C)c1ccc(C[C@@H](NC(=O)Cc2cccc([N+](=O)[O-])c2)C(N)=O)cc1. The Labute approximate surface area is 164 Å². The Kier molecular flexibility index (Phi) is 6.51. The van der Waals surface area contributed by atoms with Gasteiger partial charge in [-0.3, -0.25) is 19.7 Å². The summed E-state index contributed by atoms with van der Waals surface area (Å²) in [5.74, 6) is -1.05. The van der Waals surface area contributed by atoms with Gasteiger partial charge in [-0.2, -0.15) is 0 Å². The van der Waals surface area contributed by atoms with Crippen molar-refractivity contribution in [3.05, 3.63) is 75.3 Å². The van der Waals surface area contributed by atoms with Crippen LogP contribution in [0.3, 0.4) is 0 Å². The Morgan fingerprint density at radius 2 is 1.75 bits per heavy atom. The molecule has 1 atom stereocenters. The third kappa shape index (κ3) is 5.90. The van der Waals surface area contributed by atoms with Crippen LogP contribution >= 0.6 is 0 Å². The number of carbonyl (C=O) groups is 2. The number of nitrogens with zero attached hydrogens (tertiary/aromatic N) is 1. The van der Waals surface area contributed by atoms with Crippen LogP contribution in [0.15, 0.2) is 48.5 Å². The quantitative estimate of drug-likeness (QED) is 0.565. The highest BCUT2D eigenvalue weighted by Crippen LogP contribution is 2.22.